The minimum Gasteiger partial charge on any atom is -0.465 e. The summed E-state index contributed by atoms with van der Waals surface area (Å²) in [6.07, 6.45) is 1.76. The Labute approximate surface area is 160 Å². The van der Waals surface area contributed by atoms with Gasteiger partial charge in [0, 0.05) is 17.3 Å². The lowest BCUT2D eigenvalue weighted by Crippen LogP contribution is -2.00. The van der Waals surface area contributed by atoms with Crippen LogP contribution in [0.3, 0.4) is 0 Å². The largest absolute Gasteiger partial charge is 0.465 e. The monoisotopic (exact) mass is 377 g/mol. The summed E-state index contributed by atoms with van der Waals surface area (Å²) in [4.78, 5) is 19.3. The number of aromatic amines is 1. The van der Waals surface area contributed by atoms with Crippen molar-refractivity contribution in [1.29, 1.82) is 0 Å². The number of aromatic nitrogens is 3. The molecule has 0 saturated heterocycles. The Morgan fingerprint density at radius 2 is 1.75 bits per heavy atom. The number of carbonyl (C=O) groups is 1. The van der Waals surface area contributed by atoms with Gasteiger partial charge in [0.2, 0.25) is 0 Å². The number of hydrogen-bond donors (Lipinski definition) is 1. The van der Waals surface area contributed by atoms with Crippen LogP contribution in [0.15, 0.2) is 59.3 Å². The predicted molar refractivity (Wildman–Crippen MR) is 101 cm³/mol. The molecular formula is C21H16FN3O3. The molecule has 0 atom stereocenters. The SMILES string of the molecule is COC(=O)c1ccc(-c2nc(-c3c(-c4ccc(F)cc4)noc3C)c[nH]2)cc1. The van der Waals surface area contributed by atoms with E-state index in [1.54, 1.807) is 49.5 Å². The molecule has 28 heavy (non-hydrogen) atoms. The Morgan fingerprint density at radius 1 is 1.07 bits per heavy atom. The summed E-state index contributed by atoms with van der Waals surface area (Å²) >= 11 is 0. The number of carbonyl (C=O) groups excluding carboxylic acids is 1. The molecule has 2 aromatic carbocycles. The molecule has 4 rings (SSSR count). The van der Waals surface area contributed by atoms with Crippen molar-refractivity contribution in [3.8, 4) is 33.9 Å². The highest BCUT2D eigenvalue weighted by atomic mass is 19.1. The molecular weight excluding hydrogens is 361 g/mol. The van der Waals surface area contributed by atoms with Crippen LogP contribution in [0.4, 0.5) is 4.39 Å². The zero-order valence-electron chi connectivity index (χ0n) is 15.2. The Bertz CT molecular complexity index is 1130. The van der Waals surface area contributed by atoms with E-state index in [9.17, 15) is 9.18 Å². The lowest BCUT2D eigenvalue weighted by molar-refractivity contribution is 0.0600. The Balaban J connectivity index is 1.69. The summed E-state index contributed by atoms with van der Waals surface area (Å²) in [6.45, 7) is 1.80. The molecule has 7 heteroatoms. The highest BCUT2D eigenvalue weighted by Crippen LogP contribution is 2.34. The molecule has 0 radical (unpaired) electrons. The minimum absolute atomic E-state index is 0.317. The molecule has 140 valence electrons. The van der Waals surface area contributed by atoms with E-state index in [0.717, 1.165) is 16.7 Å². The van der Waals surface area contributed by atoms with Gasteiger partial charge in [-0.1, -0.05) is 17.3 Å². The number of ether oxygens (including phenoxy) is 1. The van der Waals surface area contributed by atoms with Gasteiger partial charge in [-0.05, 0) is 43.3 Å². The third kappa shape index (κ3) is 3.18. The van der Waals surface area contributed by atoms with Gasteiger partial charge in [-0.15, -0.1) is 0 Å². The normalized spacial score (nSPS) is 10.8. The van der Waals surface area contributed by atoms with Crippen LogP contribution in [-0.2, 0) is 4.74 Å². The van der Waals surface area contributed by atoms with E-state index in [0.29, 0.717) is 28.5 Å². The molecule has 0 unspecified atom stereocenters. The van der Waals surface area contributed by atoms with Crippen molar-refractivity contribution in [3.63, 3.8) is 0 Å². The van der Waals surface area contributed by atoms with E-state index >= 15 is 0 Å². The number of halogens is 1. The fourth-order valence-corrected chi connectivity index (χ4v) is 2.96. The fraction of sp³-hybridized carbons (Fsp3) is 0.0952. The van der Waals surface area contributed by atoms with E-state index in [2.05, 4.69) is 15.1 Å². The summed E-state index contributed by atoms with van der Waals surface area (Å²) in [5.74, 6) is 0.536. The van der Waals surface area contributed by atoms with E-state index in [1.807, 2.05) is 0 Å². The van der Waals surface area contributed by atoms with Crippen molar-refractivity contribution < 1.29 is 18.4 Å². The number of H-pyrrole nitrogens is 1. The zero-order valence-corrected chi connectivity index (χ0v) is 15.2. The molecule has 0 aliphatic heterocycles. The molecule has 0 spiro atoms. The molecule has 0 aliphatic carbocycles. The number of esters is 1. The van der Waals surface area contributed by atoms with E-state index < -0.39 is 5.97 Å². The quantitative estimate of drug-likeness (QED) is 0.524. The van der Waals surface area contributed by atoms with Crippen molar-refractivity contribution in [2.75, 3.05) is 7.11 Å². The van der Waals surface area contributed by atoms with Crippen LogP contribution < -0.4 is 0 Å². The number of hydrogen-bond acceptors (Lipinski definition) is 5. The van der Waals surface area contributed by atoms with Crippen LogP contribution in [0, 0.1) is 12.7 Å². The first kappa shape index (κ1) is 17.7. The summed E-state index contributed by atoms with van der Waals surface area (Å²) in [5, 5.41) is 4.11. The Hall–Kier alpha value is -3.74. The summed E-state index contributed by atoms with van der Waals surface area (Å²) < 4.78 is 23.3. The van der Waals surface area contributed by atoms with Crippen LogP contribution in [0.1, 0.15) is 16.1 Å². The number of rotatable bonds is 4. The molecule has 0 amide bonds. The van der Waals surface area contributed by atoms with Crippen molar-refractivity contribution in [2.24, 2.45) is 0 Å². The van der Waals surface area contributed by atoms with Crippen molar-refractivity contribution in [3.05, 3.63) is 71.9 Å². The van der Waals surface area contributed by atoms with Crippen molar-refractivity contribution >= 4 is 5.97 Å². The molecule has 1 N–H and O–H groups in total. The van der Waals surface area contributed by atoms with Crippen molar-refractivity contribution in [1.82, 2.24) is 15.1 Å². The molecule has 0 fully saturated rings. The third-order valence-electron chi connectivity index (χ3n) is 4.39. The van der Waals surface area contributed by atoms with Gasteiger partial charge in [0.1, 0.15) is 23.1 Å². The number of imidazole rings is 1. The van der Waals surface area contributed by atoms with Gasteiger partial charge >= 0.3 is 5.97 Å². The van der Waals surface area contributed by atoms with Gasteiger partial charge in [0.05, 0.1) is 23.9 Å². The number of aryl methyl sites for hydroxylation is 1. The maximum absolute atomic E-state index is 13.2. The van der Waals surface area contributed by atoms with Crippen LogP contribution in [0.5, 0.6) is 0 Å². The summed E-state index contributed by atoms with van der Waals surface area (Å²) in [7, 11) is 1.34. The van der Waals surface area contributed by atoms with E-state index in [4.69, 9.17) is 9.26 Å². The standard InChI is InChI=1S/C21H16FN3O3/c1-12-18(19(25-28-12)13-7-9-16(22)10-8-13)17-11-23-20(24-17)14-3-5-15(6-4-14)21(26)27-2/h3-11H,1-2H3,(H,23,24). The Morgan fingerprint density at radius 3 is 2.43 bits per heavy atom. The van der Waals surface area contributed by atoms with Gasteiger partial charge in [0.15, 0.2) is 0 Å². The lowest BCUT2D eigenvalue weighted by atomic mass is 10.0. The lowest BCUT2D eigenvalue weighted by Gasteiger charge is -2.01. The van der Waals surface area contributed by atoms with Gasteiger partial charge in [-0.25, -0.2) is 14.2 Å². The molecule has 0 aliphatic rings. The van der Waals surface area contributed by atoms with Crippen molar-refractivity contribution in [2.45, 2.75) is 6.92 Å². The number of methoxy groups -OCH3 is 1. The molecule has 0 saturated carbocycles. The topological polar surface area (TPSA) is 81.0 Å². The third-order valence-corrected chi connectivity index (χ3v) is 4.39. The van der Waals surface area contributed by atoms with E-state index in [-0.39, 0.29) is 5.82 Å². The van der Waals surface area contributed by atoms with Crippen LogP contribution in [0.25, 0.3) is 33.9 Å². The first-order chi connectivity index (χ1) is 13.6. The zero-order chi connectivity index (χ0) is 19.7. The number of nitrogens with one attached hydrogen (secondary N) is 1. The average molecular weight is 377 g/mol. The van der Waals surface area contributed by atoms with Crippen LogP contribution in [0.2, 0.25) is 0 Å². The fourth-order valence-electron chi connectivity index (χ4n) is 2.96. The van der Waals surface area contributed by atoms with Gasteiger partial charge < -0.3 is 14.2 Å². The first-order valence-corrected chi connectivity index (χ1v) is 8.53. The summed E-state index contributed by atoms with van der Waals surface area (Å²) in [6, 6.07) is 13.0. The highest BCUT2D eigenvalue weighted by Gasteiger charge is 2.19. The van der Waals surface area contributed by atoms with Gasteiger partial charge in [0.25, 0.3) is 0 Å². The number of nitrogens with zero attached hydrogens (tertiary/aromatic N) is 2. The van der Waals surface area contributed by atoms with Crippen LogP contribution >= 0.6 is 0 Å². The second kappa shape index (κ2) is 7.11. The Kier molecular flexibility index (Phi) is 4.49. The molecule has 0 bridgehead atoms. The minimum atomic E-state index is -0.393. The smallest absolute Gasteiger partial charge is 0.337 e. The summed E-state index contributed by atoms with van der Waals surface area (Å²) in [5.41, 5.74) is 4.00. The molecule has 6 nitrogen and oxygen atoms in total. The second-order valence-electron chi connectivity index (χ2n) is 6.17. The molecule has 2 heterocycles. The maximum atomic E-state index is 13.2. The van der Waals surface area contributed by atoms with Gasteiger partial charge in [-0.2, -0.15) is 0 Å². The first-order valence-electron chi connectivity index (χ1n) is 8.53. The maximum Gasteiger partial charge on any atom is 0.337 e. The van der Waals surface area contributed by atoms with E-state index in [1.165, 1.54) is 19.2 Å². The number of benzene rings is 2. The van der Waals surface area contributed by atoms with Crippen LogP contribution in [-0.4, -0.2) is 28.2 Å². The predicted octanol–water partition coefficient (Wildman–Crippen LogP) is 4.63. The van der Waals surface area contributed by atoms with Gasteiger partial charge in [-0.3, -0.25) is 0 Å². The highest BCUT2D eigenvalue weighted by molar-refractivity contribution is 5.89. The molecule has 2 aromatic heterocycles. The molecule has 4 aromatic rings. The average Bonchev–Trinajstić information content (AvgIpc) is 3.35. The second-order valence-corrected chi connectivity index (χ2v) is 6.17.